The number of hydrogen-bond acceptors (Lipinski definition) is 4. The Morgan fingerprint density at radius 2 is 2.33 bits per heavy atom. The van der Waals surface area contributed by atoms with Crippen LogP contribution < -0.4 is 10.1 Å². The van der Waals surface area contributed by atoms with Crippen molar-refractivity contribution < 1.29 is 9.53 Å². The molecular weight excluding hydrogens is 316 g/mol. The summed E-state index contributed by atoms with van der Waals surface area (Å²) < 4.78 is 6.26. The van der Waals surface area contributed by atoms with E-state index in [0.717, 1.165) is 27.5 Å². The number of hydrogen-bond donors (Lipinski definition) is 2. The molecule has 4 nitrogen and oxygen atoms in total. The number of nitrogens with one attached hydrogen (secondary N) is 2. The normalized spacial score (nSPS) is 17.1. The zero-order chi connectivity index (χ0) is 13.1. The molecule has 2 N–H and O–H groups in total. The number of rotatable bonds is 3. The van der Waals surface area contributed by atoms with Crippen LogP contribution in [0.1, 0.15) is 12.5 Å². The smallest absolute Gasteiger partial charge is 0.264 e. The summed E-state index contributed by atoms with van der Waals surface area (Å²) >= 11 is 4.55. The Morgan fingerprint density at radius 1 is 1.56 bits per heavy atom. The lowest BCUT2D eigenvalue weighted by Gasteiger charge is -2.06. The molecule has 0 atom stereocenters. The highest BCUT2D eigenvalue weighted by molar-refractivity contribution is 9.10. The van der Waals surface area contributed by atoms with E-state index in [1.54, 1.807) is 6.08 Å². The lowest BCUT2D eigenvalue weighted by molar-refractivity contribution is -0.115. The highest BCUT2D eigenvalue weighted by Gasteiger charge is 2.22. The topological polar surface area (TPSA) is 62.2 Å². The number of thioether (sulfide) groups is 1. The number of benzene rings is 1. The van der Waals surface area contributed by atoms with Crippen molar-refractivity contribution in [3.63, 3.8) is 0 Å². The van der Waals surface area contributed by atoms with E-state index in [4.69, 9.17) is 10.1 Å². The summed E-state index contributed by atoms with van der Waals surface area (Å²) in [5, 5.41) is 9.97. The molecule has 1 saturated heterocycles. The lowest BCUT2D eigenvalue weighted by Crippen LogP contribution is -2.18. The first-order valence-corrected chi connectivity index (χ1v) is 6.93. The van der Waals surface area contributed by atoms with Gasteiger partial charge in [-0.1, -0.05) is 6.07 Å². The van der Waals surface area contributed by atoms with Gasteiger partial charge in [0.25, 0.3) is 5.91 Å². The molecule has 0 radical (unpaired) electrons. The quantitative estimate of drug-likeness (QED) is 0.839. The Bertz CT molecular complexity index is 543. The number of carbonyl (C=O) groups is 1. The van der Waals surface area contributed by atoms with Crippen LogP contribution in [-0.4, -0.2) is 17.7 Å². The summed E-state index contributed by atoms with van der Waals surface area (Å²) in [4.78, 5) is 12.0. The molecule has 1 fully saturated rings. The summed E-state index contributed by atoms with van der Waals surface area (Å²) in [6, 6.07) is 5.61. The third-order valence-corrected chi connectivity index (χ3v) is 3.67. The Morgan fingerprint density at radius 3 is 2.89 bits per heavy atom. The van der Waals surface area contributed by atoms with Crippen molar-refractivity contribution in [2.75, 3.05) is 6.61 Å². The molecule has 1 aromatic carbocycles. The van der Waals surface area contributed by atoms with Crippen LogP contribution in [0.15, 0.2) is 27.6 Å². The maximum atomic E-state index is 11.5. The van der Waals surface area contributed by atoms with Crippen molar-refractivity contribution in [1.29, 1.82) is 5.41 Å². The van der Waals surface area contributed by atoms with Crippen LogP contribution in [0.3, 0.4) is 0 Å². The van der Waals surface area contributed by atoms with Gasteiger partial charge in [0.05, 0.1) is 16.0 Å². The fraction of sp³-hybridized carbons (Fsp3) is 0.167. The first-order chi connectivity index (χ1) is 8.60. The summed E-state index contributed by atoms with van der Waals surface area (Å²) in [6.45, 7) is 2.53. The fourth-order valence-corrected chi connectivity index (χ4v) is 2.69. The Hall–Kier alpha value is -1.27. The van der Waals surface area contributed by atoms with Crippen LogP contribution >= 0.6 is 27.7 Å². The molecule has 0 bridgehead atoms. The molecular formula is C12H11BrN2O2S. The van der Waals surface area contributed by atoms with Crippen molar-refractivity contribution in [2.24, 2.45) is 0 Å². The molecule has 1 aliphatic rings. The van der Waals surface area contributed by atoms with Gasteiger partial charge in [-0.2, -0.15) is 0 Å². The average Bonchev–Trinajstić information content (AvgIpc) is 2.61. The highest BCUT2D eigenvalue weighted by Crippen LogP contribution is 2.29. The Labute approximate surface area is 117 Å². The van der Waals surface area contributed by atoms with E-state index in [1.165, 1.54) is 0 Å². The number of carbonyl (C=O) groups excluding carboxylic acids is 1. The Balaban J connectivity index is 2.25. The zero-order valence-corrected chi connectivity index (χ0v) is 12.0. The first-order valence-electron chi connectivity index (χ1n) is 5.32. The number of amidine groups is 1. The minimum atomic E-state index is -0.227. The predicted octanol–water partition coefficient (Wildman–Crippen LogP) is 2.99. The van der Waals surface area contributed by atoms with E-state index < -0.39 is 0 Å². The van der Waals surface area contributed by atoms with E-state index in [-0.39, 0.29) is 11.1 Å². The van der Waals surface area contributed by atoms with Gasteiger partial charge in [-0.15, -0.1) is 0 Å². The fourth-order valence-electron chi connectivity index (χ4n) is 1.47. The standard InChI is InChI=1S/C12H11BrN2O2S/c1-2-17-9-4-3-7(5-8(9)13)6-10-11(16)15-12(14)18-10/h3-6H,2H2,1H3,(H2,14,15,16)/b10-6-. The van der Waals surface area contributed by atoms with Crippen LogP contribution in [0, 0.1) is 5.41 Å². The molecule has 0 aliphatic carbocycles. The van der Waals surface area contributed by atoms with Crippen LogP contribution in [0.25, 0.3) is 6.08 Å². The highest BCUT2D eigenvalue weighted by atomic mass is 79.9. The molecule has 1 aliphatic heterocycles. The van der Waals surface area contributed by atoms with Gasteiger partial charge in [0.2, 0.25) is 0 Å². The second kappa shape index (κ2) is 5.58. The summed E-state index contributed by atoms with van der Waals surface area (Å²) in [5.41, 5.74) is 0.887. The largest absolute Gasteiger partial charge is 0.493 e. The minimum Gasteiger partial charge on any atom is -0.493 e. The predicted molar refractivity (Wildman–Crippen MR) is 76.7 cm³/mol. The van der Waals surface area contributed by atoms with Gasteiger partial charge in [-0.25, -0.2) is 0 Å². The van der Waals surface area contributed by atoms with E-state index >= 15 is 0 Å². The summed E-state index contributed by atoms with van der Waals surface area (Å²) in [6.07, 6.45) is 1.75. The zero-order valence-electron chi connectivity index (χ0n) is 9.62. The van der Waals surface area contributed by atoms with Crippen molar-refractivity contribution in [2.45, 2.75) is 6.92 Å². The van der Waals surface area contributed by atoms with Gasteiger partial charge in [0.1, 0.15) is 5.75 Å². The van der Waals surface area contributed by atoms with E-state index in [1.807, 2.05) is 25.1 Å². The van der Waals surface area contributed by atoms with Crippen molar-refractivity contribution in [3.05, 3.63) is 33.1 Å². The molecule has 18 heavy (non-hydrogen) atoms. The maximum absolute atomic E-state index is 11.5. The number of amides is 1. The van der Waals surface area contributed by atoms with Crippen LogP contribution in [0.5, 0.6) is 5.75 Å². The van der Waals surface area contributed by atoms with Crippen molar-refractivity contribution >= 4 is 44.8 Å². The van der Waals surface area contributed by atoms with Gasteiger partial charge in [0.15, 0.2) is 5.17 Å². The van der Waals surface area contributed by atoms with Gasteiger partial charge in [-0.05, 0) is 58.4 Å². The average molecular weight is 327 g/mol. The van der Waals surface area contributed by atoms with E-state index in [9.17, 15) is 4.79 Å². The second-order valence-corrected chi connectivity index (χ2v) is 5.42. The van der Waals surface area contributed by atoms with Gasteiger partial charge < -0.3 is 10.1 Å². The molecule has 0 spiro atoms. The maximum Gasteiger partial charge on any atom is 0.264 e. The molecule has 2 rings (SSSR count). The van der Waals surface area contributed by atoms with Gasteiger partial charge in [0, 0.05) is 0 Å². The van der Waals surface area contributed by atoms with Crippen molar-refractivity contribution in [1.82, 2.24) is 5.32 Å². The van der Waals surface area contributed by atoms with Gasteiger partial charge >= 0.3 is 0 Å². The summed E-state index contributed by atoms with van der Waals surface area (Å²) in [5.74, 6) is 0.547. The monoisotopic (exact) mass is 326 g/mol. The molecule has 1 aromatic rings. The minimum absolute atomic E-state index is 0.163. The van der Waals surface area contributed by atoms with Gasteiger partial charge in [-0.3, -0.25) is 10.2 Å². The molecule has 1 amide bonds. The molecule has 1 heterocycles. The molecule has 6 heteroatoms. The Kier molecular flexibility index (Phi) is 4.08. The van der Waals surface area contributed by atoms with E-state index in [0.29, 0.717) is 11.5 Å². The summed E-state index contributed by atoms with van der Waals surface area (Å²) in [7, 11) is 0. The first kappa shape index (κ1) is 13.2. The molecule has 0 saturated carbocycles. The SMILES string of the molecule is CCOc1ccc(/C=C2\SC(=N)NC2=O)cc1Br. The van der Waals surface area contributed by atoms with Crippen molar-refractivity contribution in [3.8, 4) is 5.75 Å². The number of ether oxygens (including phenoxy) is 1. The molecule has 0 aromatic heterocycles. The molecule has 0 unspecified atom stereocenters. The van der Waals surface area contributed by atoms with Crippen LogP contribution in [0.2, 0.25) is 0 Å². The number of halogens is 1. The third kappa shape index (κ3) is 2.94. The van der Waals surface area contributed by atoms with Crippen LogP contribution in [-0.2, 0) is 4.79 Å². The lowest BCUT2D eigenvalue weighted by atomic mass is 10.2. The second-order valence-electron chi connectivity index (χ2n) is 3.52. The third-order valence-electron chi connectivity index (χ3n) is 2.22. The van der Waals surface area contributed by atoms with E-state index in [2.05, 4.69) is 21.2 Å². The molecule has 94 valence electrons. The van der Waals surface area contributed by atoms with Crippen LogP contribution in [0.4, 0.5) is 0 Å².